The van der Waals surface area contributed by atoms with Gasteiger partial charge in [0, 0.05) is 17.7 Å². The normalized spacial score (nSPS) is 17.1. The molecule has 1 saturated carbocycles. The molecule has 1 unspecified atom stereocenters. The van der Waals surface area contributed by atoms with Gasteiger partial charge in [0.2, 0.25) is 0 Å². The van der Waals surface area contributed by atoms with E-state index >= 15 is 0 Å². The highest BCUT2D eigenvalue weighted by Gasteiger charge is 2.22. The summed E-state index contributed by atoms with van der Waals surface area (Å²) in [5, 5.41) is 20.2. The van der Waals surface area contributed by atoms with Crippen molar-refractivity contribution in [1.82, 2.24) is 15.0 Å². The monoisotopic (exact) mass is 208 g/mol. The highest BCUT2D eigenvalue weighted by atomic mass is 16.3. The Bertz CT molecular complexity index is 378. The van der Waals surface area contributed by atoms with Crippen molar-refractivity contribution in [1.29, 1.82) is 0 Å². The molecule has 7 heteroatoms. The van der Waals surface area contributed by atoms with Crippen molar-refractivity contribution in [3.8, 4) is 0 Å². The Morgan fingerprint density at radius 1 is 1.73 bits per heavy atom. The van der Waals surface area contributed by atoms with Crippen LogP contribution in [0.15, 0.2) is 11.3 Å². The molecule has 15 heavy (non-hydrogen) atoms. The maximum atomic E-state index is 8.97. The van der Waals surface area contributed by atoms with Gasteiger partial charge in [-0.25, -0.2) is 0 Å². The van der Waals surface area contributed by atoms with E-state index < -0.39 is 6.04 Å². The zero-order valence-electron chi connectivity index (χ0n) is 8.19. The summed E-state index contributed by atoms with van der Waals surface area (Å²) in [6.45, 7) is 0.619. The molecule has 1 heterocycles. The molecular weight excluding hydrogens is 196 g/mol. The molecule has 80 valence electrons. The number of azide groups is 1. The van der Waals surface area contributed by atoms with Crippen molar-refractivity contribution in [2.45, 2.75) is 25.4 Å². The molecule has 7 nitrogen and oxygen atoms in total. The summed E-state index contributed by atoms with van der Waals surface area (Å²) in [6, 6.07) is -0.622. The molecular formula is C8H12N6O. The van der Waals surface area contributed by atoms with Crippen LogP contribution in [0.3, 0.4) is 0 Å². The lowest BCUT2D eigenvalue weighted by molar-refractivity contribution is 0.265. The Kier molecular flexibility index (Phi) is 2.84. The zero-order valence-corrected chi connectivity index (χ0v) is 8.19. The van der Waals surface area contributed by atoms with Gasteiger partial charge in [0.25, 0.3) is 0 Å². The number of nitrogens with zero attached hydrogens (tertiary/aromatic N) is 6. The second kappa shape index (κ2) is 4.29. The average Bonchev–Trinajstić information content (AvgIpc) is 2.92. The van der Waals surface area contributed by atoms with Gasteiger partial charge in [-0.15, -0.1) is 5.10 Å². The third-order valence-electron chi connectivity index (χ3n) is 2.40. The highest BCUT2D eigenvalue weighted by Crippen LogP contribution is 2.30. The van der Waals surface area contributed by atoms with Crippen molar-refractivity contribution >= 4 is 0 Å². The summed E-state index contributed by atoms with van der Waals surface area (Å²) < 4.78 is 1.74. The molecule has 1 aromatic heterocycles. The lowest BCUT2D eigenvalue weighted by atomic mass is 10.2. The predicted octanol–water partition coefficient (Wildman–Crippen LogP) is 1.03. The van der Waals surface area contributed by atoms with Gasteiger partial charge in [-0.3, -0.25) is 4.68 Å². The molecule has 1 N–H and O–H groups in total. The number of rotatable bonds is 5. The molecule has 0 saturated heterocycles. The van der Waals surface area contributed by atoms with Gasteiger partial charge in [-0.1, -0.05) is 10.3 Å². The second-order valence-electron chi connectivity index (χ2n) is 3.71. The van der Waals surface area contributed by atoms with Gasteiger partial charge in [0.15, 0.2) is 0 Å². The van der Waals surface area contributed by atoms with Crippen LogP contribution < -0.4 is 0 Å². The van der Waals surface area contributed by atoms with E-state index in [9.17, 15) is 0 Å². The maximum Gasteiger partial charge on any atom is 0.106 e. The molecule has 1 fully saturated rings. The largest absolute Gasteiger partial charge is 0.396 e. The fraction of sp³-hybridized carbons (Fsp3) is 0.750. The van der Waals surface area contributed by atoms with Crippen LogP contribution in [0.1, 0.15) is 24.6 Å². The van der Waals surface area contributed by atoms with Gasteiger partial charge in [-0.05, 0) is 24.3 Å². The minimum atomic E-state index is -0.622. The van der Waals surface area contributed by atoms with Gasteiger partial charge < -0.3 is 5.11 Å². The maximum absolute atomic E-state index is 8.97. The van der Waals surface area contributed by atoms with Crippen LogP contribution in [-0.4, -0.2) is 26.7 Å². The minimum absolute atomic E-state index is 0.244. The van der Waals surface area contributed by atoms with Crippen LogP contribution in [0.4, 0.5) is 0 Å². The Labute approximate surface area is 86.3 Å². The van der Waals surface area contributed by atoms with Crippen molar-refractivity contribution in [3.63, 3.8) is 0 Å². The number of aromatic nitrogens is 3. The first-order valence-electron chi connectivity index (χ1n) is 4.88. The number of aliphatic hydroxyl groups is 1. The fourth-order valence-corrected chi connectivity index (χ4v) is 1.37. The minimum Gasteiger partial charge on any atom is -0.396 e. The van der Waals surface area contributed by atoms with Crippen molar-refractivity contribution < 1.29 is 5.11 Å². The second-order valence-corrected chi connectivity index (χ2v) is 3.71. The van der Waals surface area contributed by atoms with Crippen molar-refractivity contribution in [3.05, 3.63) is 22.3 Å². The standard InChI is InChI=1S/C8H12N6O/c9-12-10-8(5-15)7-4-14(13-11-7)3-6-1-2-6/h4,6,8,15H,1-3,5H2. The summed E-state index contributed by atoms with van der Waals surface area (Å²) in [7, 11) is 0. The lowest BCUT2D eigenvalue weighted by Gasteiger charge is -2.00. The van der Waals surface area contributed by atoms with Crippen LogP contribution >= 0.6 is 0 Å². The number of hydrogen-bond acceptors (Lipinski definition) is 4. The van der Waals surface area contributed by atoms with E-state index in [1.807, 2.05) is 0 Å². The topological polar surface area (TPSA) is 99.7 Å². The van der Waals surface area contributed by atoms with Crippen molar-refractivity contribution in [2.75, 3.05) is 6.61 Å². The van der Waals surface area contributed by atoms with Gasteiger partial charge in [-0.2, -0.15) is 0 Å². The first-order chi connectivity index (χ1) is 7.33. The smallest absolute Gasteiger partial charge is 0.106 e. The summed E-state index contributed by atoms with van der Waals surface area (Å²) >= 11 is 0. The lowest BCUT2D eigenvalue weighted by Crippen LogP contribution is -2.01. The average molecular weight is 208 g/mol. The summed E-state index contributed by atoms with van der Waals surface area (Å²) in [5.41, 5.74) is 8.81. The van der Waals surface area contributed by atoms with Crippen LogP contribution in [0.2, 0.25) is 0 Å². The quantitative estimate of drug-likeness (QED) is 0.444. The molecule has 1 atom stereocenters. The Morgan fingerprint density at radius 3 is 3.13 bits per heavy atom. The van der Waals surface area contributed by atoms with E-state index in [0.717, 1.165) is 6.54 Å². The predicted molar refractivity (Wildman–Crippen MR) is 51.7 cm³/mol. The van der Waals surface area contributed by atoms with E-state index in [1.165, 1.54) is 12.8 Å². The van der Waals surface area contributed by atoms with E-state index in [1.54, 1.807) is 10.9 Å². The Morgan fingerprint density at radius 2 is 2.53 bits per heavy atom. The van der Waals surface area contributed by atoms with Gasteiger partial charge in [0.05, 0.1) is 12.3 Å². The van der Waals surface area contributed by atoms with Crippen molar-refractivity contribution in [2.24, 2.45) is 11.0 Å². The molecule has 2 rings (SSSR count). The molecule has 0 aliphatic heterocycles. The number of hydrogen-bond donors (Lipinski definition) is 1. The van der Waals surface area contributed by atoms with Crippen LogP contribution in [0.5, 0.6) is 0 Å². The van der Waals surface area contributed by atoms with Crippen LogP contribution in [-0.2, 0) is 6.54 Å². The third-order valence-corrected chi connectivity index (χ3v) is 2.40. The summed E-state index contributed by atoms with van der Waals surface area (Å²) in [4.78, 5) is 2.65. The fourth-order valence-electron chi connectivity index (χ4n) is 1.37. The van der Waals surface area contributed by atoms with Gasteiger partial charge >= 0.3 is 0 Å². The molecule has 0 spiro atoms. The van der Waals surface area contributed by atoms with Crippen LogP contribution in [0.25, 0.3) is 10.4 Å². The van der Waals surface area contributed by atoms with E-state index in [2.05, 4.69) is 20.3 Å². The molecule has 0 bridgehead atoms. The van der Waals surface area contributed by atoms with E-state index in [4.69, 9.17) is 10.6 Å². The summed E-state index contributed by atoms with van der Waals surface area (Å²) in [6.07, 6.45) is 4.22. The highest BCUT2D eigenvalue weighted by molar-refractivity contribution is 5.01. The molecule has 0 radical (unpaired) electrons. The van der Waals surface area contributed by atoms with E-state index in [0.29, 0.717) is 11.6 Å². The molecule has 1 aliphatic carbocycles. The van der Waals surface area contributed by atoms with Gasteiger partial charge in [0.1, 0.15) is 6.04 Å². The first kappa shape index (κ1) is 9.95. The Hall–Kier alpha value is -1.59. The first-order valence-corrected chi connectivity index (χ1v) is 4.88. The molecule has 0 amide bonds. The van der Waals surface area contributed by atoms with E-state index in [-0.39, 0.29) is 6.61 Å². The third kappa shape index (κ3) is 2.45. The molecule has 0 aromatic carbocycles. The Balaban J connectivity index is 2.06. The number of aliphatic hydroxyl groups excluding tert-OH is 1. The van der Waals surface area contributed by atoms with Crippen LogP contribution in [0, 0.1) is 5.92 Å². The molecule has 1 aliphatic rings. The molecule has 1 aromatic rings. The SMILES string of the molecule is [N-]=[N+]=NC(CO)c1cn(CC2CC2)nn1. The zero-order chi connectivity index (χ0) is 10.7. The summed E-state index contributed by atoms with van der Waals surface area (Å²) in [5.74, 6) is 0.714.